The Morgan fingerprint density at radius 2 is 1.85 bits per heavy atom. The molecule has 2 aromatic carbocycles. The summed E-state index contributed by atoms with van der Waals surface area (Å²) >= 11 is 0. The number of aliphatic hydroxyl groups is 1. The number of alkyl carbamates (subject to hydrolysis) is 1. The van der Waals surface area contributed by atoms with E-state index in [9.17, 15) is 20.0 Å². The number of nitrogens with zero attached hydrogens (tertiary/aromatic N) is 1. The molecule has 0 fully saturated rings. The number of carbonyl (C=O) groups is 2. The van der Waals surface area contributed by atoms with Crippen molar-refractivity contribution in [3.63, 3.8) is 0 Å². The number of hydrogen-bond acceptors (Lipinski definition) is 6. The third-order valence-corrected chi connectivity index (χ3v) is 5.23. The highest BCUT2D eigenvalue weighted by molar-refractivity contribution is 5.87. The highest BCUT2D eigenvalue weighted by Crippen LogP contribution is 2.40. The fourth-order valence-corrected chi connectivity index (χ4v) is 3.63. The maximum atomic E-state index is 13.4. The second-order valence-corrected chi connectivity index (χ2v) is 9.49. The first-order valence-corrected chi connectivity index (χ1v) is 10.7. The smallest absolute Gasteiger partial charge is 0.408 e. The molecule has 1 aliphatic heterocycles. The van der Waals surface area contributed by atoms with Gasteiger partial charge in [0, 0.05) is 5.56 Å². The molecular weight excluding hydrogens is 422 g/mol. The fourth-order valence-electron chi connectivity index (χ4n) is 3.63. The molecule has 0 saturated heterocycles. The zero-order chi connectivity index (χ0) is 24.4. The van der Waals surface area contributed by atoms with Crippen LogP contribution < -0.4 is 15.4 Å². The Kier molecular flexibility index (Phi) is 6.65. The maximum absolute atomic E-state index is 13.4. The average Bonchev–Trinajstić information content (AvgIpc) is 2.74. The van der Waals surface area contributed by atoms with Crippen molar-refractivity contribution < 1.29 is 24.2 Å². The van der Waals surface area contributed by atoms with Gasteiger partial charge in [0.25, 0.3) is 0 Å². The first-order valence-electron chi connectivity index (χ1n) is 10.7. The predicted octanol–water partition coefficient (Wildman–Crippen LogP) is 3.51. The van der Waals surface area contributed by atoms with E-state index in [1.807, 2.05) is 0 Å². The van der Waals surface area contributed by atoms with Gasteiger partial charge in [-0.2, -0.15) is 5.26 Å². The quantitative estimate of drug-likeness (QED) is 0.654. The van der Waals surface area contributed by atoms with E-state index in [4.69, 9.17) is 9.47 Å². The van der Waals surface area contributed by atoms with Crippen LogP contribution in [0.2, 0.25) is 0 Å². The van der Waals surface area contributed by atoms with Gasteiger partial charge in [0.1, 0.15) is 29.1 Å². The van der Waals surface area contributed by atoms with E-state index in [-0.39, 0.29) is 0 Å². The van der Waals surface area contributed by atoms with Crippen molar-refractivity contribution in [2.75, 3.05) is 0 Å². The maximum Gasteiger partial charge on any atom is 0.408 e. The summed E-state index contributed by atoms with van der Waals surface area (Å²) in [5.41, 5.74) is -0.337. The van der Waals surface area contributed by atoms with Crippen molar-refractivity contribution >= 4 is 12.0 Å². The van der Waals surface area contributed by atoms with E-state index < -0.39 is 41.4 Å². The minimum absolute atomic E-state index is 0.370. The van der Waals surface area contributed by atoms with Gasteiger partial charge >= 0.3 is 6.09 Å². The second kappa shape index (κ2) is 9.12. The second-order valence-electron chi connectivity index (χ2n) is 9.49. The lowest BCUT2D eigenvalue weighted by atomic mass is 9.85. The molecule has 8 nitrogen and oxygen atoms in total. The number of ether oxygens (including phenoxy) is 2. The number of nitriles is 1. The fraction of sp³-hybridized carbons (Fsp3) is 0.400. The molecule has 33 heavy (non-hydrogen) atoms. The highest BCUT2D eigenvalue weighted by atomic mass is 16.6. The summed E-state index contributed by atoms with van der Waals surface area (Å²) in [5, 5.41) is 25.8. The van der Waals surface area contributed by atoms with Crippen LogP contribution in [0.15, 0.2) is 48.5 Å². The van der Waals surface area contributed by atoms with Gasteiger partial charge < -0.3 is 25.2 Å². The van der Waals surface area contributed by atoms with E-state index in [1.165, 1.54) is 0 Å². The van der Waals surface area contributed by atoms with Gasteiger partial charge in [-0.3, -0.25) is 4.79 Å². The third-order valence-electron chi connectivity index (χ3n) is 5.23. The first kappa shape index (κ1) is 24.1. The van der Waals surface area contributed by atoms with Gasteiger partial charge in [0.15, 0.2) is 0 Å². The number of hydrogen-bond donors (Lipinski definition) is 3. The molecule has 1 unspecified atom stereocenters. The van der Waals surface area contributed by atoms with Gasteiger partial charge in [0.05, 0.1) is 17.7 Å². The molecule has 0 bridgehead atoms. The number of fused-ring (bicyclic) bond motifs is 1. The Morgan fingerprint density at radius 1 is 1.18 bits per heavy atom. The normalized spacial score (nSPS) is 19.8. The van der Waals surface area contributed by atoms with Gasteiger partial charge in [-0.1, -0.05) is 30.3 Å². The summed E-state index contributed by atoms with van der Waals surface area (Å²) in [4.78, 5) is 25.9. The summed E-state index contributed by atoms with van der Waals surface area (Å²) < 4.78 is 11.2. The van der Waals surface area contributed by atoms with Crippen molar-refractivity contribution in [3.05, 3.63) is 65.2 Å². The standard InChI is InChI=1S/C25H29N3O5/c1-24(2,3)33-23(31)28-19(16-9-7-6-8-10-16)22(30)27-20-17-13-15(14-26)11-12-18(17)32-25(4,5)21(20)29/h6-13,19-21,29H,1-5H3,(H,27,30)(H,28,31)/t19?,20-,21+/m1/s1. The number of nitrogens with one attached hydrogen (secondary N) is 2. The van der Waals surface area contributed by atoms with E-state index in [0.29, 0.717) is 22.4 Å². The van der Waals surface area contributed by atoms with E-state index in [1.54, 1.807) is 83.1 Å². The molecule has 0 aliphatic carbocycles. The largest absolute Gasteiger partial charge is 0.485 e. The Hall–Kier alpha value is -3.57. The molecule has 0 radical (unpaired) electrons. The number of benzene rings is 2. The molecule has 0 spiro atoms. The summed E-state index contributed by atoms with van der Waals surface area (Å²) in [6, 6.07) is 13.7. The zero-order valence-electron chi connectivity index (χ0n) is 19.4. The highest BCUT2D eigenvalue weighted by Gasteiger charge is 2.44. The van der Waals surface area contributed by atoms with E-state index >= 15 is 0 Å². The first-order chi connectivity index (χ1) is 15.4. The van der Waals surface area contributed by atoms with Gasteiger partial charge in [-0.05, 0) is 58.4 Å². The van der Waals surface area contributed by atoms with Crippen molar-refractivity contribution in [3.8, 4) is 11.8 Å². The van der Waals surface area contributed by atoms with Crippen LogP contribution in [-0.2, 0) is 9.53 Å². The molecule has 8 heteroatoms. The lowest BCUT2D eigenvalue weighted by Crippen LogP contribution is -2.55. The van der Waals surface area contributed by atoms with Crippen molar-refractivity contribution in [1.82, 2.24) is 10.6 Å². The Morgan fingerprint density at radius 3 is 2.45 bits per heavy atom. The Balaban J connectivity index is 1.94. The summed E-state index contributed by atoms with van der Waals surface area (Å²) in [6.07, 6.45) is -1.85. The topological polar surface area (TPSA) is 121 Å². The van der Waals surface area contributed by atoms with Crippen LogP contribution in [0, 0.1) is 11.3 Å². The third kappa shape index (κ3) is 5.62. The molecule has 2 aromatic rings. The predicted molar refractivity (Wildman–Crippen MR) is 121 cm³/mol. The minimum Gasteiger partial charge on any atom is -0.485 e. The van der Waals surface area contributed by atoms with Crippen LogP contribution in [-0.4, -0.2) is 34.4 Å². The van der Waals surface area contributed by atoms with Crippen LogP contribution >= 0.6 is 0 Å². The van der Waals surface area contributed by atoms with Crippen molar-refractivity contribution in [2.45, 2.75) is 64.0 Å². The molecule has 1 aliphatic rings. The van der Waals surface area contributed by atoms with Crippen molar-refractivity contribution in [1.29, 1.82) is 5.26 Å². The molecule has 0 saturated carbocycles. The molecule has 3 atom stereocenters. The molecule has 3 rings (SSSR count). The lowest BCUT2D eigenvalue weighted by molar-refractivity contribution is -0.127. The Labute approximate surface area is 193 Å². The van der Waals surface area contributed by atoms with E-state index in [0.717, 1.165) is 0 Å². The summed E-state index contributed by atoms with van der Waals surface area (Å²) in [7, 11) is 0. The number of amides is 2. The zero-order valence-corrected chi connectivity index (χ0v) is 19.4. The number of aliphatic hydroxyl groups excluding tert-OH is 1. The van der Waals surface area contributed by atoms with Crippen molar-refractivity contribution in [2.24, 2.45) is 0 Å². The van der Waals surface area contributed by atoms with Gasteiger partial charge in [-0.25, -0.2) is 4.79 Å². The molecule has 2 amide bonds. The SMILES string of the molecule is CC(C)(C)OC(=O)NC(C(=O)N[C@@H]1c2cc(C#N)ccc2OC(C)(C)[C@H]1O)c1ccccc1. The lowest BCUT2D eigenvalue weighted by Gasteiger charge is -2.42. The van der Waals surface area contributed by atoms with Crippen LogP contribution in [0.4, 0.5) is 4.79 Å². The van der Waals surface area contributed by atoms with Crippen LogP contribution in [0.25, 0.3) is 0 Å². The van der Waals surface area contributed by atoms with Gasteiger partial charge in [-0.15, -0.1) is 0 Å². The molecule has 174 valence electrons. The molecule has 0 aromatic heterocycles. The van der Waals surface area contributed by atoms with Crippen LogP contribution in [0.5, 0.6) is 5.75 Å². The Bertz CT molecular complexity index is 1070. The number of rotatable bonds is 4. The van der Waals surface area contributed by atoms with Gasteiger partial charge in [0.2, 0.25) is 5.91 Å². The molecule has 3 N–H and O–H groups in total. The molecular formula is C25H29N3O5. The molecule has 1 heterocycles. The monoisotopic (exact) mass is 451 g/mol. The minimum atomic E-state index is -1.11. The average molecular weight is 452 g/mol. The van der Waals surface area contributed by atoms with E-state index in [2.05, 4.69) is 16.7 Å². The number of carbonyl (C=O) groups excluding carboxylic acids is 2. The summed E-state index contributed by atoms with van der Waals surface area (Å²) in [5.74, 6) is -0.0758. The summed E-state index contributed by atoms with van der Waals surface area (Å²) in [6.45, 7) is 8.62. The van der Waals surface area contributed by atoms with Crippen LogP contribution in [0.1, 0.15) is 63.4 Å². The van der Waals surface area contributed by atoms with Crippen LogP contribution in [0.3, 0.4) is 0 Å².